The Kier molecular flexibility index (Phi) is 7.81. The van der Waals surface area contributed by atoms with E-state index in [0.29, 0.717) is 0 Å². The zero-order chi connectivity index (χ0) is 10.9. The average Bonchev–Trinajstić information content (AvgIpc) is 2.19. The molecule has 14 heavy (non-hydrogen) atoms. The highest BCUT2D eigenvalue weighted by atomic mass is 16.5. The molecule has 0 aliphatic rings. The van der Waals surface area contributed by atoms with Gasteiger partial charge in [0.25, 0.3) is 0 Å². The normalized spacial score (nSPS) is 15.1. The molecule has 0 bridgehead atoms. The second-order valence-electron chi connectivity index (χ2n) is 3.98. The van der Waals surface area contributed by atoms with Crippen LogP contribution in [0, 0.1) is 5.41 Å². The van der Waals surface area contributed by atoms with Gasteiger partial charge in [-0.15, -0.1) is 6.58 Å². The molecule has 0 aromatic carbocycles. The van der Waals surface area contributed by atoms with Crippen molar-refractivity contribution >= 4 is 0 Å². The van der Waals surface area contributed by atoms with Crippen molar-refractivity contribution in [3.8, 4) is 0 Å². The summed E-state index contributed by atoms with van der Waals surface area (Å²) in [4.78, 5) is 0. The Balaban J connectivity index is 3.73. The van der Waals surface area contributed by atoms with Gasteiger partial charge in [-0.05, 0) is 31.7 Å². The molecule has 1 unspecified atom stereocenters. The smallest absolute Gasteiger partial charge is 0.0474 e. The molecule has 0 rings (SSSR count). The van der Waals surface area contributed by atoms with Crippen LogP contribution in [0.15, 0.2) is 12.7 Å². The lowest BCUT2D eigenvalue weighted by atomic mass is 9.87. The summed E-state index contributed by atoms with van der Waals surface area (Å²) in [5, 5.41) is 3.43. The molecule has 0 aliphatic carbocycles. The minimum atomic E-state index is 0.171. The first-order valence-electron chi connectivity index (χ1n) is 5.60. The summed E-state index contributed by atoms with van der Waals surface area (Å²) >= 11 is 0. The lowest BCUT2D eigenvalue weighted by Crippen LogP contribution is -2.31. The fourth-order valence-corrected chi connectivity index (χ4v) is 1.26. The fraction of sp³-hybridized carbons (Fsp3) is 0.833. The van der Waals surface area contributed by atoms with E-state index in [0.717, 1.165) is 32.7 Å². The van der Waals surface area contributed by atoms with Gasteiger partial charge in [0.1, 0.15) is 0 Å². The van der Waals surface area contributed by atoms with Crippen LogP contribution in [0.25, 0.3) is 0 Å². The maximum atomic E-state index is 5.36. The van der Waals surface area contributed by atoms with Gasteiger partial charge in [0, 0.05) is 19.8 Å². The van der Waals surface area contributed by atoms with Crippen LogP contribution in [0.3, 0.4) is 0 Å². The van der Waals surface area contributed by atoms with Crippen LogP contribution in [0.1, 0.15) is 33.6 Å². The van der Waals surface area contributed by atoms with E-state index in [1.54, 1.807) is 0 Å². The Hall–Kier alpha value is -0.340. The van der Waals surface area contributed by atoms with Crippen molar-refractivity contribution in [1.29, 1.82) is 0 Å². The van der Waals surface area contributed by atoms with Crippen molar-refractivity contribution in [1.82, 2.24) is 5.32 Å². The summed E-state index contributed by atoms with van der Waals surface area (Å²) in [6, 6.07) is 0. The number of rotatable bonds is 9. The quantitative estimate of drug-likeness (QED) is 0.455. The molecule has 2 heteroatoms. The van der Waals surface area contributed by atoms with Gasteiger partial charge in [0.05, 0.1) is 0 Å². The van der Waals surface area contributed by atoms with E-state index in [4.69, 9.17) is 4.74 Å². The van der Waals surface area contributed by atoms with E-state index in [-0.39, 0.29) is 5.41 Å². The SMILES string of the molecule is C=CC(C)(CCOCC)CNCCC. The van der Waals surface area contributed by atoms with Crippen molar-refractivity contribution < 1.29 is 4.74 Å². The summed E-state index contributed by atoms with van der Waals surface area (Å²) in [6.45, 7) is 14.0. The average molecular weight is 199 g/mol. The van der Waals surface area contributed by atoms with Gasteiger partial charge in [0.2, 0.25) is 0 Å². The van der Waals surface area contributed by atoms with Crippen LogP contribution in [0.4, 0.5) is 0 Å². The maximum Gasteiger partial charge on any atom is 0.0474 e. The molecule has 0 radical (unpaired) electrons. The second-order valence-corrected chi connectivity index (χ2v) is 3.98. The van der Waals surface area contributed by atoms with E-state index >= 15 is 0 Å². The first-order chi connectivity index (χ1) is 6.68. The molecule has 0 aliphatic heterocycles. The molecule has 1 atom stereocenters. The third-order valence-corrected chi connectivity index (χ3v) is 2.47. The van der Waals surface area contributed by atoms with Crippen molar-refractivity contribution in [3.63, 3.8) is 0 Å². The third-order valence-electron chi connectivity index (χ3n) is 2.47. The summed E-state index contributed by atoms with van der Waals surface area (Å²) in [5.41, 5.74) is 0.171. The van der Waals surface area contributed by atoms with Crippen molar-refractivity contribution in [3.05, 3.63) is 12.7 Å². The number of hydrogen-bond donors (Lipinski definition) is 1. The predicted octanol–water partition coefficient (Wildman–Crippen LogP) is 2.60. The molecule has 0 aromatic rings. The molecule has 0 spiro atoms. The Morgan fingerprint density at radius 1 is 1.43 bits per heavy atom. The molecule has 0 amide bonds. The van der Waals surface area contributed by atoms with Gasteiger partial charge in [-0.3, -0.25) is 0 Å². The molecule has 0 heterocycles. The lowest BCUT2D eigenvalue weighted by Gasteiger charge is -2.26. The van der Waals surface area contributed by atoms with Gasteiger partial charge in [0.15, 0.2) is 0 Å². The fourth-order valence-electron chi connectivity index (χ4n) is 1.26. The molecule has 84 valence electrons. The minimum Gasteiger partial charge on any atom is -0.382 e. The highest BCUT2D eigenvalue weighted by Crippen LogP contribution is 2.21. The molecule has 0 aromatic heterocycles. The highest BCUT2D eigenvalue weighted by molar-refractivity contribution is 4.92. The van der Waals surface area contributed by atoms with Crippen LogP contribution in [0.5, 0.6) is 0 Å². The largest absolute Gasteiger partial charge is 0.382 e. The van der Waals surface area contributed by atoms with Crippen LogP contribution >= 0.6 is 0 Å². The van der Waals surface area contributed by atoms with Crippen LogP contribution < -0.4 is 5.32 Å². The molecule has 2 nitrogen and oxygen atoms in total. The molecule has 0 fully saturated rings. The first-order valence-corrected chi connectivity index (χ1v) is 5.60. The van der Waals surface area contributed by atoms with Gasteiger partial charge < -0.3 is 10.1 Å². The summed E-state index contributed by atoms with van der Waals surface area (Å²) < 4.78 is 5.36. The van der Waals surface area contributed by atoms with Crippen LogP contribution in [-0.4, -0.2) is 26.3 Å². The Labute approximate surface area is 88.7 Å². The van der Waals surface area contributed by atoms with Crippen LogP contribution in [-0.2, 0) is 4.74 Å². The van der Waals surface area contributed by atoms with Gasteiger partial charge in [-0.2, -0.15) is 0 Å². The van der Waals surface area contributed by atoms with Crippen molar-refractivity contribution in [2.24, 2.45) is 5.41 Å². The van der Waals surface area contributed by atoms with E-state index in [2.05, 4.69) is 25.7 Å². The zero-order valence-electron chi connectivity index (χ0n) is 9.94. The van der Waals surface area contributed by atoms with E-state index in [9.17, 15) is 0 Å². The summed E-state index contributed by atoms with van der Waals surface area (Å²) in [7, 11) is 0. The number of nitrogens with one attached hydrogen (secondary N) is 1. The molecule has 1 N–H and O–H groups in total. The highest BCUT2D eigenvalue weighted by Gasteiger charge is 2.18. The molecular formula is C12H25NO. The van der Waals surface area contributed by atoms with Gasteiger partial charge in [-0.25, -0.2) is 0 Å². The van der Waals surface area contributed by atoms with Gasteiger partial charge in [-0.1, -0.05) is 19.9 Å². The maximum absolute atomic E-state index is 5.36. The zero-order valence-corrected chi connectivity index (χ0v) is 9.94. The Morgan fingerprint density at radius 2 is 2.14 bits per heavy atom. The lowest BCUT2D eigenvalue weighted by molar-refractivity contribution is 0.121. The third kappa shape index (κ3) is 6.17. The topological polar surface area (TPSA) is 21.3 Å². The number of ether oxygens (including phenoxy) is 1. The number of hydrogen-bond acceptors (Lipinski definition) is 2. The second kappa shape index (κ2) is 8.01. The minimum absolute atomic E-state index is 0.171. The molecule has 0 saturated heterocycles. The molecule has 0 saturated carbocycles. The standard InChI is InChI=1S/C12H25NO/c1-5-9-13-11-12(4,6-2)8-10-14-7-3/h6,13H,2,5,7-11H2,1,3-4H3. The van der Waals surface area contributed by atoms with Gasteiger partial charge >= 0.3 is 0 Å². The predicted molar refractivity (Wildman–Crippen MR) is 62.6 cm³/mol. The van der Waals surface area contributed by atoms with E-state index in [1.165, 1.54) is 6.42 Å². The molecular weight excluding hydrogens is 174 g/mol. The Bertz CT molecular complexity index is 135. The monoisotopic (exact) mass is 199 g/mol. The van der Waals surface area contributed by atoms with Crippen molar-refractivity contribution in [2.45, 2.75) is 33.6 Å². The summed E-state index contributed by atoms with van der Waals surface area (Å²) in [5.74, 6) is 0. The van der Waals surface area contributed by atoms with Crippen LogP contribution in [0.2, 0.25) is 0 Å². The Morgan fingerprint density at radius 3 is 2.64 bits per heavy atom. The van der Waals surface area contributed by atoms with E-state index < -0.39 is 0 Å². The van der Waals surface area contributed by atoms with Crippen molar-refractivity contribution in [2.75, 3.05) is 26.3 Å². The first kappa shape index (κ1) is 13.7. The van der Waals surface area contributed by atoms with E-state index in [1.807, 2.05) is 13.0 Å². The summed E-state index contributed by atoms with van der Waals surface area (Å²) in [6.07, 6.45) is 4.26.